The molecule has 0 aromatic carbocycles. The number of rotatable bonds is 4. The van der Waals surface area contributed by atoms with E-state index >= 15 is 0 Å². The van der Waals surface area contributed by atoms with Crippen LogP contribution in [-0.4, -0.2) is 42.9 Å². The molecule has 4 heteroatoms. The first-order chi connectivity index (χ1) is 7.09. The maximum atomic E-state index is 11.2. The largest absolute Gasteiger partial charge is 0.355 e. The number of piperidine rings is 1. The van der Waals surface area contributed by atoms with Crippen molar-refractivity contribution in [3.63, 3.8) is 0 Å². The van der Waals surface area contributed by atoms with Crippen molar-refractivity contribution in [3.05, 3.63) is 0 Å². The van der Waals surface area contributed by atoms with E-state index in [1.54, 1.807) is 6.92 Å². The van der Waals surface area contributed by atoms with Crippen LogP contribution in [0, 0.1) is 5.92 Å². The highest BCUT2D eigenvalue weighted by Gasteiger charge is 2.16. The number of amides is 1. The molecule has 0 aromatic rings. The minimum atomic E-state index is -0.414. The van der Waals surface area contributed by atoms with Crippen LogP contribution < -0.4 is 5.32 Å². The van der Waals surface area contributed by atoms with E-state index in [2.05, 4.69) is 17.3 Å². The summed E-state index contributed by atoms with van der Waals surface area (Å²) in [7, 11) is 2.16. The predicted octanol–water partition coefficient (Wildman–Crippen LogP) is 1.46. The number of likely N-dealkylation sites (tertiary alicyclic amines) is 1. The molecule has 0 aromatic heterocycles. The summed E-state index contributed by atoms with van der Waals surface area (Å²) < 4.78 is 0. The number of hydrogen-bond donors (Lipinski definition) is 1. The average molecular weight is 233 g/mol. The Morgan fingerprint density at radius 2 is 2.13 bits per heavy atom. The Hall–Kier alpha value is -0.280. The zero-order chi connectivity index (χ0) is 11.3. The van der Waals surface area contributed by atoms with Crippen LogP contribution in [-0.2, 0) is 4.79 Å². The molecule has 1 unspecified atom stereocenters. The van der Waals surface area contributed by atoms with E-state index in [1.165, 1.54) is 25.9 Å². The van der Waals surface area contributed by atoms with E-state index in [-0.39, 0.29) is 5.91 Å². The molecular formula is C11H21ClN2O. The molecule has 0 saturated carbocycles. The third kappa shape index (κ3) is 4.85. The van der Waals surface area contributed by atoms with Crippen molar-refractivity contribution >= 4 is 17.5 Å². The highest BCUT2D eigenvalue weighted by atomic mass is 35.5. The lowest BCUT2D eigenvalue weighted by Gasteiger charge is -2.28. The van der Waals surface area contributed by atoms with Gasteiger partial charge in [-0.1, -0.05) is 0 Å². The normalized spacial score (nSPS) is 21.3. The molecule has 1 aliphatic rings. The Labute approximate surface area is 97.2 Å². The van der Waals surface area contributed by atoms with Gasteiger partial charge in [0.2, 0.25) is 5.91 Å². The number of alkyl halides is 1. The van der Waals surface area contributed by atoms with Gasteiger partial charge in [-0.3, -0.25) is 4.79 Å². The minimum Gasteiger partial charge on any atom is -0.355 e. The Bertz CT molecular complexity index is 201. The van der Waals surface area contributed by atoms with Gasteiger partial charge in [-0.2, -0.15) is 0 Å². The topological polar surface area (TPSA) is 32.3 Å². The van der Waals surface area contributed by atoms with Crippen LogP contribution in [0.25, 0.3) is 0 Å². The molecule has 1 fully saturated rings. The number of nitrogens with zero attached hydrogens (tertiary/aromatic N) is 1. The number of hydrogen-bond acceptors (Lipinski definition) is 2. The van der Waals surface area contributed by atoms with E-state index in [9.17, 15) is 4.79 Å². The Morgan fingerprint density at radius 3 is 2.67 bits per heavy atom. The van der Waals surface area contributed by atoms with Gasteiger partial charge in [0.15, 0.2) is 0 Å². The second-order valence-electron chi connectivity index (χ2n) is 4.44. The molecular weight excluding hydrogens is 212 g/mol. The van der Waals surface area contributed by atoms with Crippen LogP contribution in [0.5, 0.6) is 0 Å². The first-order valence-electron chi connectivity index (χ1n) is 5.70. The Balaban J connectivity index is 2.08. The third-order valence-electron chi connectivity index (χ3n) is 3.05. The Morgan fingerprint density at radius 1 is 1.53 bits per heavy atom. The smallest absolute Gasteiger partial charge is 0.237 e. The molecule has 0 aliphatic carbocycles. The molecule has 0 spiro atoms. The van der Waals surface area contributed by atoms with Gasteiger partial charge >= 0.3 is 0 Å². The highest BCUT2D eigenvalue weighted by Crippen LogP contribution is 2.18. The number of carbonyl (C=O) groups is 1. The summed E-state index contributed by atoms with van der Waals surface area (Å²) in [5.74, 6) is 0.719. The van der Waals surface area contributed by atoms with Crippen molar-refractivity contribution in [3.8, 4) is 0 Å². The maximum absolute atomic E-state index is 11.2. The molecule has 1 aliphatic heterocycles. The number of halogens is 1. The minimum absolute atomic E-state index is 0.0513. The van der Waals surface area contributed by atoms with Crippen LogP contribution in [0.2, 0.25) is 0 Å². The second kappa shape index (κ2) is 6.33. The molecule has 1 atom stereocenters. The molecule has 1 heterocycles. The van der Waals surface area contributed by atoms with Crippen LogP contribution >= 0.6 is 11.6 Å². The van der Waals surface area contributed by atoms with Crippen LogP contribution in [0.4, 0.5) is 0 Å². The van der Waals surface area contributed by atoms with Crippen molar-refractivity contribution in [1.82, 2.24) is 10.2 Å². The molecule has 1 N–H and O–H groups in total. The molecule has 1 amide bonds. The van der Waals surface area contributed by atoms with E-state index < -0.39 is 5.38 Å². The summed E-state index contributed by atoms with van der Waals surface area (Å²) in [5.41, 5.74) is 0. The van der Waals surface area contributed by atoms with Gasteiger partial charge in [0.25, 0.3) is 0 Å². The van der Waals surface area contributed by atoms with Crippen molar-refractivity contribution in [2.24, 2.45) is 5.92 Å². The lowest BCUT2D eigenvalue weighted by atomic mass is 9.94. The molecule has 3 nitrogen and oxygen atoms in total. The lowest BCUT2D eigenvalue weighted by molar-refractivity contribution is -0.120. The summed E-state index contributed by atoms with van der Waals surface area (Å²) in [6.07, 6.45) is 3.59. The van der Waals surface area contributed by atoms with Gasteiger partial charge in [-0.15, -0.1) is 11.6 Å². The van der Waals surface area contributed by atoms with Gasteiger partial charge in [-0.25, -0.2) is 0 Å². The molecule has 1 saturated heterocycles. The van der Waals surface area contributed by atoms with Crippen LogP contribution in [0.3, 0.4) is 0 Å². The highest BCUT2D eigenvalue weighted by molar-refractivity contribution is 6.30. The van der Waals surface area contributed by atoms with Gasteiger partial charge in [0.1, 0.15) is 5.38 Å². The van der Waals surface area contributed by atoms with Gasteiger partial charge in [0.05, 0.1) is 0 Å². The van der Waals surface area contributed by atoms with Gasteiger partial charge in [0, 0.05) is 6.54 Å². The Kier molecular flexibility index (Phi) is 5.40. The quantitative estimate of drug-likeness (QED) is 0.745. The van der Waals surface area contributed by atoms with E-state index in [4.69, 9.17) is 11.6 Å². The fourth-order valence-electron chi connectivity index (χ4n) is 1.89. The molecule has 88 valence electrons. The molecule has 0 bridgehead atoms. The first-order valence-corrected chi connectivity index (χ1v) is 6.13. The standard InChI is InChI=1S/C11H21ClN2O/c1-9(12)11(15)13-6-3-10-4-7-14(2)8-5-10/h9-10H,3-8H2,1-2H3,(H,13,15). The average Bonchev–Trinajstić information content (AvgIpc) is 2.20. The zero-order valence-electron chi connectivity index (χ0n) is 9.63. The maximum Gasteiger partial charge on any atom is 0.237 e. The van der Waals surface area contributed by atoms with E-state index in [0.29, 0.717) is 0 Å². The van der Waals surface area contributed by atoms with Crippen molar-refractivity contribution in [2.45, 2.75) is 31.6 Å². The fraction of sp³-hybridized carbons (Fsp3) is 0.909. The van der Waals surface area contributed by atoms with Crippen LogP contribution in [0.15, 0.2) is 0 Å². The van der Waals surface area contributed by atoms with E-state index in [1.807, 2.05) is 0 Å². The summed E-state index contributed by atoms with van der Waals surface area (Å²) in [6, 6.07) is 0. The summed E-state index contributed by atoms with van der Waals surface area (Å²) in [4.78, 5) is 13.5. The van der Waals surface area contributed by atoms with Gasteiger partial charge in [-0.05, 0) is 52.2 Å². The third-order valence-corrected chi connectivity index (χ3v) is 3.25. The molecule has 0 radical (unpaired) electrons. The second-order valence-corrected chi connectivity index (χ2v) is 5.10. The van der Waals surface area contributed by atoms with Gasteiger partial charge < -0.3 is 10.2 Å². The SMILES string of the molecule is CC(Cl)C(=O)NCCC1CCN(C)CC1. The molecule has 1 rings (SSSR count). The zero-order valence-corrected chi connectivity index (χ0v) is 10.4. The summed E-state index contributed by atoms with van der Waals surface area (Å²) >= 11 is 5.65. The monoisotopic (exact) mass is 232 g/mol. The fourth-order valence-corrected chi connectivity index (χ4v) is 1.97. The predicted molar refractivity (Wildman–Crippen MR) is 63.2 cm³/mol. The molecule has 15 heavy (non-hydrogen) atoms. The van der Waals surface area contributed by atoms with Crippen molar-refractivity contribution < 1.29 is 4.79 Å². The summed E-state index contributed by atoms with van der Waals surface area (Å²) in [5, 5.41) is 2.44. The summed E-state index contributed by atoms with van der Waals surface area (Å²) in [6.45, 7) is 4.84. The number of carbonyl (C=O) groups excluding carboxylic acids is 1. The van der Waals surface area contributed by atoms with Crippen molar-refractivity contribution in [1.29, 1.82) is 0 Å². The van der Waals surface area contributed by atoms with Crippen LogP contribution in [0.1, 0.15) is 26.2 Å². The lowest BCUT2D eigenvalue weighted by Crippen LogP contribution is -2.34. The first kappa shape index (κ1) is 12.8. The van der Waals surface area contributed by atoms with Crippen molar-refractivity contribution in [2.75, 3.05) is 26.7 Å². The van der Waals surface area contributed by atoms with E-state index in [0.717, 1.165) is 18.9 Å². The number of nitrogens with one attached hydrogen (secondary N) is 1.